The first-order valence-electron chi connectivity index (χ1n) is 8.29. The van der Waals surface area contributed by atoms with E-state index in [0.29, 0.717) is 11.5 Å². The van der Waals surface area contributed by atoms with E-state index >= 15 is 0 Å². The smallest absolute Gasteiger partial charge is 0.0247 e. The zero-order chi connectivity index (χ0) is 14.2. The molecule has 2 heteroatoms. The fourth-order valence-corrected chi connectivity index (χ4v) is 3.98. The molecule has 2 aliphatic rings. The Balaban J connectivity index is 2.08. The van der Waals surface area contributed by atoms with E-state index in [1.54, 1.807) is 0 Å². The van der Waals surface area contributed by atoms with Gasteiger partial charge in [0, 0.05) is 31.2 Å². The molecule has 1 saturated carbocycles. The molecule has 1 heterocycles. The van der Waals surface area contributed by atoms with Crippen molar-refractivity contribution < 1.29 is 0 Å². The minimum atomic E-state index is 0.560. The van der Waals surface area contributed by atoms with Gasteiger partial charge in [-0.05, 0) is 36.5 Å². The van der Waals surface area contributed by atoms with E-state index in [1.165, 1.54) is 32.4 Å². The predicted octanol–water partition coefficient (Wildman–Crippen LogP) is 3.52. The molecule has 3 atom stereocenters. The maximum Gasteiger partial charge on any atom is 0.0247 e. The molecule has 0 bridgehead atoms. The predicted molar refractivity (Wildman–Crippen MR) is 83.4 cm³/mol. The van der Waals surface area contributed by atoms with Crippen LogP contribution in [0.2, 0.25) is 0 Å². The van der Waals surface area contributed by atoms with E-state index in [9.17, 15) is 0 Å². The summed E-state index contributed by atoms with van der Waals surface area (Å²) in [6, 6.07) is 2.23. The van der Waals surface area contributed by atoms with Crippen LogP contribution in [-0.2, 0) is 0 Å². The highest BCUT2D eigenvalue weighted by atomic mass is 15.3. The fraction of sp³-hybridized carbons (Fsp3) is 1.00. The Labute approximate surface area is 120 Å². The second kappa shape index (κ2) is 5.73. The van der Waals surface area contributed by atoms with E-state index in [-0.39, 0.29) is 0 Å². The third kappa shape index (κ3) is 3.52. The average molecular weight is 266 g/mol. The van der Waals surface area contributed by atoms with Crippen LogP contribution in [0.15, 0.2) is 0 Å². The molecule has 112 valence electrons. The summed E-state index contributed by atoms with van der Waals surface area (Å²) in [6.45, 7) is 16.8. The molecule has 19 heavy (non-hydrogen) atoms. The minimum Gasteiger partial charge on any atom is -0.311 e. The Kier molecular flexibility index (Phi) is 4.62. The van der Waals surface area contributed by atoms with Gasteiger partial charge in [0.25, 0.3) is 0 Å². The largest absolute Gasteiger partial charge is 0.311 e. The lowest BCUT2D eigenvalue weighted by Crippen LogP contribution is -2.62. The first-order chi connectivity index (χ1) is 8.80. The van der Waals surface area contributed by atoms with Crippen molar-refractivity contribution in [3.63, 3.8) is 0 Å². The van der Waals surface area contributed by atoms with Crippen LogP contribution in [-0.4, -0.2) is 36.1 Å². The van der Waals surface area contributed by atoms with Crippen molar-refractivity contribution in [3.8, 4) is 0 Å². The van der Waals surface area contributed by atoms with Gasteiger partial charge in [-0.3, -0.25) is 4.90 Å². The molecular weight excluding hydrogens is 232 g/mol. The van der Waals surface area contributed by atoms with Gasteiger partial charge in [-0.25, -0.2) is 0 Å². The third-order valence-electron chi connectivity index (χ3n) is 5.41. The van der Waals surface area contributed by atoms with Crippen molar-refractivity contribution in [2.24, 2.45) is 17.3 Å². The molecule has 3 unspecified atom stereocenters. The lowest BCUT2D eigenvalue weighted by atomic mass is 9.89. The molecule has 0 aromatic rings. The van der Waals surface area contributed by atoms with Crippen molar-refractivity contribution in [2.75, 3.05) is 13.1 Å². The van der Waals surface area contributed by atoms with Gasteiger partial charge >= 0.3 is 0 Å². The first-order valence-corrected chi connectivity index (χ1v) is 8.29. The topological polar surface area (TPSA) is 15.3 Å². The lowest BCUT2D eigenvalue weighted by Gasteiger charge is -2.47. The summed E-state index contributed by atoms with van der Waals surface area (Å²) >= 11 is 0. The second-order valence-corrected chi connectivity index (χ2v) is 8.33. The Morgan fingerprint density at radius 3 is 2.26 bits per heavy atom. The number of nitrogens with zero attached hydrogens (tertiary/aromatic N) is 1. The molecule has 2 nitrogen and oxygen atoms in total. The van der Waals surface area contributed by atoms with Crippen LogP contribution in [0.1, 0.15) is 60.8 Å². The maximum absolute atomic E-state index is 3.78. The van der Waals surface area contributed by atoms with E-state index < -0.39 is 0 Å². The van der Waals surface area contributed by atoms with Crippen molar-refractivity contribution in [2.45, 2.75) is 78.9 Å². The summed E-state index contributed by atoms with van der Waals surface area (Å²) in [5, 5.41) is 3.78. The summed E-state index contributed by atoms with van der Waals surface area (Å²) in [4.78, 5) is 2.86. The third-order valence-corrected chi connectivity index (χ3v) is 5.41. The highest BCUT2D eigenvalue weighted by Crippen LogP contribution is 2.41. The number of rotatable bonds is 3. The number of nitrogens with one attached hydrogen (secondary N) is 1. The number of hydrogen-bond acceptors (Lipinski definition) is 2. The molecule has 0 amide bonds. The van der Waals surface area contributed by atoms with E-state index in [2.05, 4.69) is 51.8 Å². The summed E-state index contributed by atoms with van der Waals surface area (Å²) in [6.07, 6.45) is 4.20. The molecule has 2 rings (SSSR count). The lowest BCUT2D eigenvalue weighted by molar-refractivity contribution is 0.0438. The van der Waals surface area contributed by atoms with Crippen LogP contribution in [0.5, 0.6) is 0 Å². The van der Waals surface area contributed by atoms with Gasteiger partial charge in [0.2, 0.25) is 0 Å². The van der Waals surface area contributed by atoms with Crippen LogP contribution >= 0.6 is 0 Å². The minimum absolute atomic E-state index is 0.560. The van der Waals surface area contributed by atoms with Crippen molar-refractivity contribution in [1.82, 2.24) is 10.2 Å². The molecule has 0 aromatic carbocycles. The molecular formula is C17H34N2. The summed E-state index contributed by atoms with van der Waals surface area (Å²) in [5.41, 5.74) is 0.560. The van der Waals surface area contributed by atoms with Crippen LogP contribution in [0.25, 0.3) is 0 Å². The first kappa shape index (κ1) is 15.3. The molecule has 0 spiro atoms. The highest BCUT2D eigenvalue weighted by Gasteiger charge is 2.40. The summed E-state index contributed by atoms with van der Waals surface area (Å²) in [7, 11) is 0. The molecule has 1 aliphatic heterocycles. The Morgan fingerprint density at radius 2 is 1.79 bits per heavy atom. The SMILES string of the molecule is CC(C)C1CN(C2CCC(C)(C)C2)C(C(C)C)CN1. The van der Waals surface area contributed by atoms with E-state index in [1.807, 2.05) is 0 Å². The summed E-state index contributed by atoms with van der Waals surface area (Å²) < 4.78 is 0. The van der Waals surface area contributed by atoms with E-state index in [4.69, 9.17) is 0 Å². The van der Waals surface area contributed by atoms with Gasteiger partial charge in [0.05, 0.1) is 0 Å². The highest BCUT2D eigenvalue weighted by molar-refractivity contribution is 4.96. The Morgan fingerprint density at radius 1 is 1.11 bits per heavy atom. The zero-order valence-corrected chi connectivity index (χ0v) is 13.9. The van der Waals surface area contributed by atoms with Gasteiger partial charge in [-0.1, -0.05) is 41.5 Å². The van der Waals surface area contributed by atoms with Gasteiger partial charge in [0.1, 0.15) is 0 Å². The van der Waals surface area contributed by atoms with Crippen LogP contribution in [0.4, 0.5) is 0 Å². The van der Waals surface area contributed by atoms with Crippen LogP contribution < -0.4 is 5.32 Å². The van der Waals surface area contributed by atoms with Crippen molar-refractivity contribution in [1.29, 1.82) is 0 Å². The van der Waals surface area contributed by atoms with Crippen molar-refractivity contribution >= 4 is 0 Å². The van der Waals surface area contributed by atoms with Gasteiger partial charge in [-0.15, -0.1) is 0 Å². The second-order valence-electron chi connectivity index (χ2n) is 8.33. The average Bonchev–Trinajstić information content (AvgIpc) is 2.68. The van der Waals surface area contributed by atoms with Gasteiger partial charge in [-0.2, -0.15) is 0 Å². The molecule has 1 saturated heterocycles. The van der Waals surface area contributed by atoms with Crippen molar-refractivity contribution in [3.05, 3.63) is 0 Å². The Bertz CT molecular complexity index is 296. The normalized spacial score (nSPS) is 36.3. The van der Waals surface area contributed by atoms with Gasteiger partial charge in [0.15, 0.2) is 0 Å². The maximum atomic E-state index is 3.78. The molecule has 1 aliphatic carbocycles. The summed E-state index contributed by atoms with van der Waals surface area (Å²) in [5.74, 6) is 1.49. The molecule has 1 N–H and O–H groups in total. The zero-order valence-electron chi connectivity index (χ0n) is 13.9. The number of piperazine rings is 1. The fourth-order valence-electron chi connectivity index (χ4n) is 3.98. The number of hydrogen-bond donors (Lipinski definition) is 1. The van der Waals surface area contributed by atoms with Crippen LogP contribution in [0.3, 0.4) is 0 Å². The van der Waals surface area contributed by atoms with Gasteiger partial charge < -0.3 is 5.32 Å². The van der Waals surface area contributed by atoms with Crippen LogP contribution in [0, 0.1) is 17.3 Å². The quantitative estimate of drug-likeness (QED) is 0.841. The monoisotopic (exact) mass is 266 g/mol. The molecule has 0 aromatic heterocycles. The van der Waals surface area contributed by atoms with E-state index in [0.717, 1.165) is 23.9 Å². The molecule has 0 radical (unpaired) electrons. The Hall–Kier alpha value is -0.0800. The standard InChI is InChI=1S/C17H34N2/c1-12(2)15-11-19(16(10-18-15)13(3)4)14-7-8-17(5,6)9-14/h12-16,18H,7-11H2,1-6H3. The molecule has 2 fully saturated rings.